The first kappa shape index (κ1) is 15.7. The molecule has 0 aliphatic rings. The first-order chi connectivity index (χ1) is 8.38. The average Bonchev–Trinajstić information content (AvgIpc) is 2.21. The van der Waals surface area contributed by atoms with Crippen molar-refractivity contribution < 1.29 is 9.90 Å². The number of hydrogen-bond acceptors (Lipinski definition) is 2. The number of rotatable bonds is 6. The van der Waals surface area contributed by atoms with E-state index in [-0.39, 0.29) is 0 Å². The van der Waals surface area contributed by atoms with Gasteiger partial charge in [0.2, 0.25) is 0 Å². The topological polar surface area (TPSA) is 49.3 Å². The van der Waals surface area contributed by atoms with Gasteiger partial charge in [-0.15, -0.1) is 0 Å². The third kappa shape index (κ3) is 5.50. The van der Waals surface area contributed by atoms with Crippen molar-refractivity contribution in [3.8, 4) is 0 Å². The zero-order chi connectivity index (χ0) is 13.7. The molecule has 5 heteroatoms. The molecule has 100 valence electrons. The van der Waals surface area contributed by atoms with Crippen LogP contribution >= 0.6 is 31.9 Å². The normalized spacial score (nSPS) is 12.7. The van der Waals surface area contributed by atoms with E-state index < -0.39 is 12.0 Å². The van der Waals surface area contributed by atoms with Crippen molar-refractivity contribution in [2.75, 3.05) is 0 Å². The summed E-state index contributed by atoms with van der Waals surface area (Å²) in [6.07, 6.45) is 0.629. The van der Waals surface area contributed by atoms with Gasteiger partial charge >= 0.3 is 5.97 Å². The lowest BCUT2D eigenvalue weighted by atomic mass is 10.0. The Labute approximate surface area is 124 Å². The van der Waals surface area contributed by atoms with Crippen LogP contribution in [-0.2, 0) is 11.3 Å². The summed E-state index contributed by atoms with van der Waals surface area (Å²) in [5.41, 5.74) is 1.05. The van der Waals surface area contributed by atoms with E-state index >= 15 is 0 Å². The van der Waals surface area contributed by atoms with Gasteiger partial charge in [0.25, 0.3) is 0 Å². The lowest BCUT2D eigenvalue weighted by Crippen LogP contribution is -2.37. The van der Waals surface area contributed by atoms with Crippen molar-refractivity contribution in [1.29, 1.82) is 0 Å². The first-order valence-corrected chi connectivity index (χ1v) is 7.38. The van der Waals surface area contributed by atoms with Crippen molar-refractivity contribution >= 4 is 37.8 Å². The highest BCUT2D eigenvalue weighted by Crippen LogP contribution is 2.20. The van der Waals surface area contributed by atoms with Crippen LogP contribution in [0, 0.1) is 5.92 Å². The van der Waals surface area contributed by atoms with Gasteiger partial charge in [0.1, 0.15) is 6.04 Å². The van der Waals surface area contributed by atoms with E-state index in [1.165, 1.54) is 0 Å². The Kier molecular flexibility index (Phi) is 6.32. The molecule has 0 spiro atoms. The van der Waals surface area contributed by atoms with Crippen molar-refractivity contribution in [1.82, 2.24) is 5.32 Å². The summed E-state index contributed by atoms with van der Waals surface area (Å²) in [6, 6.07) is 5.41. The molecule has 0 aliphatic heterocycles. The van der Waals surface area contributed by atoms with Gasteiger partial charge < -0.3 is 10.4 Å². The molecule has 3 nitrogen and oxygen atoms in total. The fourth-order valence-electron chi connectivity index (χ4n) is 1.70. The first-order valence-electron chi connectivity index (χ1n) is 5.79. The summed E-state index contributed by atoms with van der Waals surface area (Å²) in [5.74, 6) is -0.439. The molecule has 0 fully saturated rings. The number of carboxylic acid groups (broad SMARTS) is 1. The number of halogens is 2. The third-order valence-corrected chi connectivity index (χ3v) is 3.40. The summed E-state index contributed by atoms with van der Waals surface area (Å²) in [7, 11) is 0. The Morgan fingerprint density at radius 1 is 1.28 bits per heavy atom. The largest absolute Gasteiger partial charge is 0.480 e. The van der Waals surface area contributed by atoms with Gasteiger partial charge in [0.05, 0.1) is 0 Å². The van der Waals surface area contributed by atoms with E-state index in [9.17, 15) is 4.79 Å². The second-order valence-corrected chi connectivity index (χ2v) is 6.51. The molecule has 0 aromatic heterocycles. The summed E-state index contributed by atoms with van der Waals surface area (Å²) in [6.45, 7) is 4.59. The molecule has 0 saturated heterocycles. The lowest BCUT2D eigenvalue weighted by molar-refractivity contribution is -0.140. The number of carboxylic acids is 1. The van der Waals surface area contributed by atoms with Crippen LogP contribution in [-0.4, -0.2) is 17.1 Å². The van der Waals surface area contributed by atoms with Gasteiger partial charge in [-0.1, -0.05) is 45.7 Å². The van der Waals surface area contributed by atoms with Crippen molar-refractivity contribution in [3.63, 3.8) is 0 Å². The highest BCUT2D eigenvalue weighted by molar-refractivity contribution is 9.11. The van der Waals surface area contributed by atoms with Crippen LogP contribution in [0.15, 0.2) is 27.1 Å². The van der Waals surface area contributed by atoms with Crippen LogP contribution in [0.25, 0.3) is 0 Å². The summed E-state index contributed by atoms with van der Waals surface area (Å²) in [4.78, 5) is 11.1. The molecule has 0 bridgehead atoms. The molecule has 1 aromatic carbocycles. The fraction of sp³-hybridized carbons (Fsp3) is 0.462. The summed E-state index contributed by atoms with van der Waals surface area (Å²) >= 11 is 6.83. The minimum Gasteiger partial charge on any atom is -0.480 e. The molecule has 18 heavy (non-hydrogen) atoms. The number of nitrogens with one attached hydrogen (secondary N) is 1. The maximum atomic E-state index is 11.1. The molecule has 0 heterocycles. The maximum Gasteiger partial charge on any atom is 0.320 e. The maximum absolute atomic E-state index is 11.1. The molecule has 0 amide bonds. The van der Waals surface area contributed by atoms with Crippen LogP contribution in [0.3, 0.4) is 0 Å². The van der Waals surface area contributed by atoms with E-state index in [1.807, 2.05) is 32.0 Å². The molecule has 0 unspecified atom stereocenters. The lowest BCUT2D eigenvalue weighted by Gasteiger charge is -2.16. The Morgan fingerprint density at radius 2 is 1.83 bits per heavy atom. The quantitative estimate of drug-likeness (QED) is 0.791. The fourth-order valence-corrected chi connectivity index (χ4v) is 3.09. The monoisotopic (exact) mass is 377 g/mol. The van der Waals surface area contributed by atoms with Crippen molar-refractivity contribution in [2.24, 2.45) is 5.92 Å². The average molecular weight is 379 g/mol. The number of carbonyl (C=O) groups is 1. The van der Waals surface area contributed by atoms with E-state index in [4.69, 9.17) is 5.11 Å². The molecular weight excluding hydrogens is 362 g/mol. The van der Waals surface area contributed by atoms with Crippen LogP contribution in [0.1, 0.15) is 25.8 Å². The minimum absolute atomic E-state index is 0.354. The molecule has 0 radical (unpaired) electrons. The van der Waals surface area contributed by atoms with Gasteiger partial charge in [0.15, 0.2) is 0 Å². The van der Waals surface area contributed by atoms with Crippen LogP contribution in [0.5, 0.6) is 0 Å². The Morgan fingerprint density at radius 3 is 2.28 bits per heavy atom. The second kappa shape index (κ2) is 7.26. The molecule has 1 rings (SSSR count). The van der Waals surface area contributed by atoms with Crippen LogP contribution < -0.4 is 5.32 Å². The highest BCUT2D eigenvalue weighted by Gasteiger charge is 2.17. The number of aliphatic carboxylic acids is 1. The molecule has 1 atom stereocenters. The molecule has 1 aromatic rings. The van der Waals surface area contributed by atoms with Gasteiger partial charge in [-0.25, -0.2) is 0 Å². The number of benzene rings is 1. The third-order valence-electron chi connectivity index (χ3n) is 2.48. The van der Waals surface area contributed by atoms with E-state index in [2.05, 4.69) is 37.2 Å². The zero-order valence-corrected chi connectivity index (χ0v) is 13.6. The van der Waals surface area contributed by atoms with Gasteiger partial charge in [0, 0.05) is 15.5 Å². The summed E-state index contributed by atoms with van der Waals surface area (Å²) in [5, 5.41) is 12.2. The Balaban J connectivity index is 2.63. The smallest absolute Gasteiger partial charge is 0.320 e. The van der Waals surface area contributed by atoms with E-state index in [0.29, 0.717) is 18.9 Å². The Bertz CT molecular complexity index is 401. The van der Waals surface area contributed by atoms with Gasteiger partial charge in [-0.2, -0.15) is 0 Å². The minimum atomic E-state index is -0.794. The molecule has 0 saturated carbocycles. The molecule has 2 N–H and O–H groups in total. The predicted molar refractivity (Wildman–Crippen MR) is 79.6 cm³/mol. The standard InChI is InChI=1S/C13H17Br2NO2/c1-8(2)3-12(13(17)18)16-7-9-4-10(14)6-11(15)5-9/h4-6,8,12,16H,3,7H2,1-2H3,(H,17,18)/t12-/m1/s1. The molecule has 0 aliphatic carbocycles. The predicted octanol–water partition coefficient (Wildman–Crippen LogP) is 3.80. The van der Waals surface area contributed by atoms with Crippen LogP contribution in [0.2, 0.25) is 0 Å². The van der Waals surface area contributed by atoms with Gasteiger partial charge in [-0.05, 0) is 36.1 Å². The summed E-state index contributed by atoms with van der Waals surface area (Å²) < 4.78 is 1.95. The highest BCUT2D eigenvalue weighted by atomic mass is 79.9. The number of hydrogen-bond donors (Lipinski definition) is 2. The van der Waals surface area contributed by atoms with Gasteiger partial charge in [-0.3, -0.25) is 4.79 Å². The van der Waals surface area contributed by atoms with E-state index in [1.54, 1.807) is 0 Å². The SMILES string of the molecule is CC(C)C[C@@H](NCc1cc(Br)cc(Br)c1)C(=O)O. The van der Waals surface area contributed by atoms with Crippen molar-refractivity contribution in [2.45, 2.75) is 32.9 Å². The van der Waals surface area contributed by atoms with Crippen LogP contribution in [0.4, 0.5) is 0 Å². The molecular formula is C13H17Br2NO2. The van der Waals surface area contributed by atoms with Crippen molar-refractivity contribution in [3.05, 3.63) is 32.7 Å². The van der Waals surface area contributed by atoms with E-state index in [0.717, 1.165) is 14.5 Å². The second-order valence-electron chi connectivity index (χ2n) is 4.68. The zero-order valence-electron chi connectivity index (χ0n) is 10.4. The Hall–Kier alpha value is -0.390.